The van der Waals surface area contributed by atoms with E-state index in [2.05, 4.69) is 10.6 Å². The Kier molecular flexibility index (Phi) is 5.54. The Morgan fingerprint density at radius 2 is 1.91 bits per heavy atom. The van der Waals surface area contributed by atoms with Gasteiger partial charge >= 0.3 is 6.03 Å². The lowest BCUT2D eigenvalue weighted by molar-refractivity contribution is 0.255. The minimum absolute atomic E-state index is 0.340. The van der Waals surface area contributed by atoms with Crippen molar-refractivity contribution in [3.8, 4) is 5.75 Å². The molecule has 4 nitrogen and oxygen atoms in total. The van der Waals surface area contributed by atoms with E-state index in [4.69, 9.17) is 4.74 Å². The van der Waals surface area contributed by atoms with Gasteiger partial charge in [0, 0.05) is 17.5 Å². The number of rotatable bonds is 5. The predicted molar refractivity (Wildman–Crippen MR) is 85.2 cm³/mol. The average molecular weight is 300 g/mol. The van der Waals surface area contributed by atoms with E-state index in [0.717, 1.165) is 5.75 Å². The molecule has 0 unspecified atom stereocenters. The maximum Gasteiger partial charge on any atom is 0.323 e. The molecule has 0 radical (unpaired) electrons. The van der Waals surface area contributed by atoms with E-state index in [0.29, 0.717) is 17.9 Å². The van der Waals surface area contributed by atoms with Crippen LogP contribution in [0.25, 0.3) is 6.08 Å². The van der Waals surface area contributed by atoms with Gasteiger partial charge in [0.1, 0.15) is 11.6 Å². The third kappa shape index (κ3) is 4.63. The molecule has 0 saturated heterocycles. The zero-order valence-corrected chi connectivity index (χ0v) is 12.2. The van der Waals surface area contributed by atoms with Crippen molar-refractivity contribution < 1.29 is 13.9 Å². The molecule has 22 heavy (non-hydrogen) atoms. The van der Waals surface area contributed by atoms with Crippen molar-refractivity contribution in [2.24, 2.45) is 0 Å². The third-order valence-electron chi connectivity index (χ3n) is 2.81. The molecule has 2 aromatic rings. The quantitative estimate of drug-likeness (QED) is 0.876. The summed E-state index contributed by atoms with van der Waals surface area (Å²) < 4.78 is 18.7. The van der Waals surface area contributed by atoms with Gasteiger partial charge in [-0.3, -0.25) is 0 Å². The first-order valence-electron chi connectivity index (χ1n) is 6.90. The molecule has 0 fully saturated rings. The Morgan fingerprint density at radius 1 is 1.18 bits per heavy atom. The molecule has 2 amide bonds. The first-order valence-corrected chi connectivity index (χ1v) is 6.90. The Balaban J connectivity index is 1.86. The van der Waals surface area contributed by atoms with Crippen molar-refractivity contribution in [2.75, 3.05) is 11.9 Å². The molecule has 0 atom stereocenters. The van der Waals surface area contributed by atoms with E-state index in [9.17, 15) is 9.18 Å². The molecule has 0 saturated carbocycles. The molecule has 2 rings (SSSR count). The van der Waals surface area contributed by atoms with Gasteiger partial charge in [-0.15, -0.1) is 0 Å². The first kappa shape index (κ1) is 15.6. The number of carbonyl (C=O) groups is 1. The maximum atomic E-state index is 13.4. The van der Waals surface area contributed by atoms with Crippen molar-refractivity contribution in [1.82, 2.24) is 5.32 Å². The van der Waals surface area contributed by atoms with Crippen LogP contribution in [0.1, 0.15) is 12.5 Å². The molecule has 0 aliphatic heterocycles. The van der Waals surface area contributed by atoms with E-state index in [1.807, 2.05) is 6.92 Å². The van der Waals surface area contributed by atoms with Crippen LogP contribution < -0.4 is 15.4 Å². The number of benzene rings is 2. The zero-order chi connectivity index (χ0) is 15.8. The Bertz CT molecular complexity index is 654. The first-order chi connectivity index (χ1) is 10.7. The third-order valence-corrected chi connectivity index (χ3v) is 2.81. The van der Waals surface area contributed by atoms with Crippen LogP contribution in [0.3, 0.4) is 0 Å². The van der Waals surface area contributed by atoms with Crippen LogP contribution in [-0.4, -0.2) is 12.6 Å². The number of urea groups is 1. The summed E-state index contributed by atoms with van der Waals surface area (Å²) >= 11 is 0. The normalized spacial score (nSPS) is 10.5. The van der Waals surface area contributed by atoms with Crippen molar-refractivity contribution in [3.05, 3.63) is 66.1 Å². The standard InChI is InChI=1S/C17H17FN2O2/c1-2-22-15-9-7-14(8-10-15)20-17(21)19-12-11-13-5-3-4-6-16(13)18/h3-12H,2H2,1H3,(H2,19,20,21)/b12-11+. The van der Waals surface area contributed by atoms with Crippen LogP contribution in [0, 0.1) is 5.82 Å². The van der Waals surface area contributed by atoms with Crippen LogP contribution in [-0.2, 0) is 0 Å². The molecule has 2 aromatic carbocycles. The smallest absolute Gasteiger partial charge is 0.323 e. The fourth-order valence-corrected chi connectivity index (χ4v) is 1.79. The number of ether oxygens (including phenoxy) is 1. The lowest BCUT2D eigenvalue weighted by Crippen LogP contribution is -2.23. The van der Waals surface area contributed by atoms with Crippen molar-refractivity contribution in [2.45, 2.75) is 6.92 Å². The number of nitrogens with one attached hydrogen (secondary N) is 2. The highest BCUT2D eigenvalue weighted by molar-refractivity contribution is 5.90. The van der Waals surface area contributed by atoms with Crippen LogP contribution in [0.2, 0.25) is 0 Å². The van der Waals surface area contributed by atoms with Crippen LogP contribution in [0.15, 0.2) is 54.7 Å². The second kappa shape index (κ2) is 7.83. The van der Waals surface area contributed by atoms with E-state index in [1.54, 1.807) is 42.5 Å². The highest BCUT2D eigenvalue weighted by Gasteiger charge is 2.00. The molecule has 5 heteroatoms. The summed E-state index contributed by atoms with van der Waals surface area (Å²) in [6, 6.07) is 12.9. The molecule has 0 aromatic heterocycles. The molecule has 0 aliphatic carbocycles. The lowest BCUT2D eigenvalue weighted by Gasteiger charge is -2.06. The Morgan fingerprint density at radius 3 is 2.59 bits per heavy atom. The molecule has 0 heterocycles. The highest BCUT2D eigenvalue weighted by atomic mass is 19.1. The highest BCUT2D eigenvalue weighted by Crippen LogP contribution is 2.15. The SMILES string of the molecule is CCOc1ccc(NC(=O)N/C=C/c2ccccc2F)cc1. The minimum Gasteiger partial charge on any atom is -0.494 e. The number of halogens is 1. The fraction of sp³-hybridized carbons (Fsp3) is 0.118. The molecular weight excluding hydrogens is 283 g/mol. The van der Waals surface area contributed by atoms with Crippen molar-refractivity contribution in [1.29, 1.82) is 0 Å². The van der Waals surface area contributed by atoms with E-state index in [-0.39, 0.29) is 5.82 Å². The summed E-state index contributed by atoms with van der Waals surface area (Å²) in [6.45, 7) is 2.50. The van der Waals surface area contributed by atoms with Gasteiger partial charge in [-0.1, -0.05) is 18.2 Å². The van der Waals surface area contributed by atoms with E-state index in [1.165, 1.54) is 18.3 Å². The van der Waals surface area contributed by atoms with Gasteiger partial charge in [0.25, 0.3) is 0 Å². The lowest BCUT2D eigenvalue weighted by atomic mass is 10.2. The number of anilines is 1. The van der Waals surface area contributed by atoms with Crippen LogP contribution in [0.5, 0.6) is 5.75 Å². The Hall–Kier alpha value is -2.82. The summed E-state index contributed by atoms with van der Waals surface area (Å²) in [4.78, 5) is 11.7. The topological polar surface area (TPSA) is 50.4 Å². The molecule has 2 N–H and O–H groups in total. The summed E-state index contributed by atoms with van der Waals surface area (Å²) in [6.07, 6.45) is 2.88. The van der Waals surface area contributed by atoms with Gasteiger partial charge in [0.05, 0.1) is 6.61 Å². The summed E-state index contributed by atoms with van der Waals surface area (Å²) in [5, 5.41) is 5.18. The predicted octanol–water partition coefficient (Wildman–Crippen LogP) is 4.02. The molecule has 0 bridgehead atoms. The van der Waals surface area contributed by atoms with Gasteiger partial charge in [0.15, 0.2) is 0 Å². The number of amides is 2. The van der Waals surface area contributed by atoms with Crippen LogP contribution in [0.4, 0.5) is 14.9 Å². The summed E-state index contributed by atoms with van der Waals surface area (Å²) in [5.41, 5.74) is 1.05. The van der Waals surface area contributed by atoms with E-state index >= 15 is 0 Å². The minimum atomic E-state index is -0.406. The van der Waals surface area contributed by atoms with E-state index < -0.39 is 6.03 Å². The maximum absolute atomic E-state index is 13.4. The van der Waals surface area contributed by atoms with Crippen molar-refractivity contribution >= 4 is 17.8 Å². The largest absolute Gasteiger partial charge is 0.494 e. The van der Waals surface area contributed by atoms with Gasteiger partial charge < -0.3 is 15.4 Å². The Labute approximate surface area is 128 Å². The summed E-state index contributed by atoms with van der Waals surface area (Å²) in [7, 11) is 0. The van der Waals surface area contributed by atoms with Crippen LogP contribution >= 0.6 is 0 Å². The monoisotopic (exact) mass is 300 g/mol. The summed E-state index contributed by atoms with van der Waals surface area (Å²) in [5.74, 6) is 0.403. The van der Waals surface area contributed by atoms with Gasteiger partial charge in [-0.2, -0.15) is 0 Å². The molecular formula is C17H17FN2O2. The number of hydrogen-bond acceptors (Lipinski definition) is 2. The van der Waals surface area contributed by atoms with Gasteiger partial charge in [0.2, 0.25) is 0 Å². The van der Waals surface area contributed by atoms with Gasteiger partial charge in [-0.25, -0.2) is 9.18 Å². The number of carbonyl (C=O) groups excluding carboxylic acids is 1. The molecule has 0 spiro atoms. The molecule has 114 valence electrons. The van der Waals surface area contributed by atoms with Crippen molar-refractivity contribution in [3.63, 3.8) is 0 Å². The fourth-order valence-electron chi connectivity index (χ4n) is 1.79. The second-order valence-electron chi connectivity index (χ2n) is 4.41. The zero-order valence-electron chi connectivity index (χ0n) is 12.2. The van der Waals surface area contributed by atoms with Gasteiger partial charge in [-0.05, 0) is 43.3 Å². The average Bonchev–Trinajstić information content (AvgIpc) is 2.51. The second-order valence-corrected chi connectivity index (χ2v) is 4.41. The number of hydrogen-bond donors (Lipinski definition) is 2. The molecule has 0 aliphatic rings.